The van der Waals surface area contributed by atoms with Crippen LogP contribution in [0.1, 0.15) is 12.5 Å². The number of hydrogen-bond acceptors (Lipinski definition) is 5. The number of carboxylic acid groups (broad SMARTS) is 1. The van der Waals surface area contributed by atoms with Gasteiger partial charge in [0.1, 0.15) is 11.8 Å². The van der Waals surface area contributed by atoms with Gasteiger partial charge in [-0.1, -0.05) is 18.2 Å². The third-order valence-corrected chi connectivity index (χ3v) is 2.61. The van der Waals surface area contributed by atoms with E-state index < -0.39 is 18.0 Å². The van der Waals surface area contributed by atoms with Crippen LogP contribution in [-0.2, 0) is 16.1 Å². The molecule has 0 bridgehead atoms. The van der Waals surface area contributed by atoms with E-state index in [1.165, 1.54) is 6.92 Å². The zero-order chi connectivity index (χ0) is 13.5. The van der Waals surface area contributed by atoms with Crippen LogP contribution >= 0.6 is 12.6 Å². The fraction of sp³-hybridized carbons (Fsp3) is 0.333. The number of hydrogen-bond donors (Lipinski definition) is 3. The van der Waals surface area contributed by atoms with E-state index in [-0.39, 0.29) is 5.75 Å². The minimum Gasteiger partial charge on any atom is -0.480 e. The fourth-order valence-corrected chi connectivity index (χ4v) is 1.65. The minimum atomic E-state index is -0.963. The molecule has 1 unspecified atom stereocenters. The molecule has 0 saturated carbocycles. The molecule has 6 heteroatoms. The van der Waals surface area contributed by atoms with E-state index in [0.29, 0.717) is 12.3 Å². The maximum absolute atomic E-state index is 10.9. The van der Waals surface area contributed by atoms with Crippen molar-refractivity contribution in [1.29, 1.82) is 0 Å². The van der Waals surface area contributed by atoms with Gasteiger partial charge in [-0.25, -0.2) is 0 Å². The number of carboxylic acids is 1. The van der Waals surface area contributed by atoms with Crippen molar-refractivity contribution < 1.29 is 19.4 Å². The Balaban J connectivity index is 2.71. The van der Waals surface area contributed by atoms with Crippen LogP contribution in [0.3, 0.4) is 0 Å². The summed E-state index contributed by atoms with van der Waals surface area (Å²) in [6, 6.07) is 6.23. The molecule has 5 nitrogen and oxygen atoms in total. The van der Waals surface area contributed by atoms with Gasteiger partial charge in [-0.05, 0) is 6.07 Å². The Labute approximate surface area is 111 Å². The third kappa shape index (κ3) is 4.38. The standard InChI is InChI=1S/C12H15NO4S/c1-8(14)17-11-5-3-2-4-9(11)6-13-10(7-18)12(15)16/h2-5,10,13,18H,6-7H2,1H3,(H,15,16). The molecule has 18 heavy (non-hydrogen) atoms. The molecule has 0 heterocycles. The number of esters is 1. The number of para-hydroxylation sites is 1. The summed E-state index contributed by atoms with van der Waals surface area (Å²) in [5.74, 6) is -0.757. The summed E-state index contributed by atoms with van der Waals surface area (Å²) in [7, 11) is 0. The van der Waals surface area contributed by atoms with Crippen LogP contribution in [0.2, 0.25) is 0 Å². The van der Waals surface area contributed by atoms with Crippen molar-refractivity contribution in [2.24, 2.45) is 0 Å². The number of rotatable bonds is 6. The second-order valence-electron chi connectivity index (χ2n) is 3.66. The lowest BCUT2D eigenvalue weighted by molar-refractivity contribution is -0.139. The smallest absolute Gasteiger partial charge is 0.321 e. The van der Waals surface area contributed by atoms with E-state index in [0.717, 1.165) is 5.56 Å². The first-order valence-electron chi connectivity index (χ1n) is 5.38. The molecule has 2 N–H and O–H groups in total. The zero-order valence-corrected chi connectivity index (χ0v) is 10.8. The van der Waals surface area contributed by atoms with E-state index >= 15 is 0 Å². The van der Waals surface area contributed by atoms with E-state index in [9.17, 15) is 9.59 Å². The van der Waals surface area contributed by atoms with Crippen LogP contribution < -0.4 is 10.1 Å². The van der Waals surface area contributed by atoms with Crippen LogP contribution in [0.15, 0.2) is 24.3 Å². The molecule has 1 rings (SSSR count). The molecule has 0 fully saturated rings. The third-order valence-electron chi connectivity index (χ3n) is 2.25. The van der Waals surface area contributed by atoms with Crippen molar-refractivity contribution in [3.8, 4) is 5.75 Å². The maximum Gasteiger partial charge on any atom is 0.321 e. The first kappa shape index (κ1) is 14.5. The molecule has 1 aromatic rings. The summed E-state index contributed by atoms with van der Waals surface area (Å²) < 4.78 is 5.03. The number of ether oxygens (including phenoxy) is 1. The van der Waals surface area contributed by atoms with E-state index in [1.54, 1.807) is 24.3 Å². The maximum atomic E-state index is 10.9. The summed E-state index contributed by atoms with van der Waals surface area (Å²) >= 11 is 3.95. The van der Waals surface area contributed by atoms with Gasteiger partial charge in [0.25, 0.3) is 0 Å². The number of thiol groups is 1. The van der Waals surface area contributed by atoms with Gasteiger partial charge in [-0.15, -0.1) is 0 Å². The van der Waals surface area contributed by atoms with Crippen LogP contribution in [0, 0.1) is 0 Å². The highest BCUT2D eigenvalue weighted by molar-refractivity contribution is 7.80. The molecule has 1 aromatic carbocycles. The van der Waals surface area contributed by atoms with Gasteiger partial charge in [0, 0.05) is 24.8 Å². The van der Waals surface area contributed by atoms with Crippen molar-refractivity contribution >= 4 is 24.6 Å². The first-order chi connectivity index (χ1) is 8.54. The first-order valence-corrected chi connectivity index (χ1v) is 6.01. The van der Waals surface area contributed by atoms with Crippen LogP contribution in [0.4, 0.5) is 0 Å². The lowest BCUT2D eigenvalue weighted by Gasteiger charge is -2.13. The summed E-state index contributed by atoms with van der Waals surface area (Å²) in [5.41, 5.74) is 0.723. The summed E-state index contributed by atoms with van der Waals surface area (Å²) in [6.45, 7) is 1.61. The predicted molar refractivity (Wildman–Crippen MR) is 69.9 cm³/mol. The number of carbonyl (C=O) groups excluding carboxylic acids is 1. The van der Waals surface area contributed by atoms with E-state index in [2.05, 4.69) is 17.9 Å². The van der Waals surface area contributed by atoms with Gasteiger partial charge < -0.3 is 9.84 Å². The van der Waals surface area contributed by atoms with Crippen LogP contribution in [-0.4, -0.2) is 28.8 Å². The van der Waals surface area contributed by atoms with Gasteiger partial charge in [-0.2, -0.15) is 12.6 Å². The molecule has 0 aliphatic carbocycles. The minimum absolute atomic E-state index is 0.186. The molecule has 0 amide bonds. The second kappa shape index (κ2) is 7.03. The second-order valence-corrected chi connectivity index (χ2v) is 4.02. The average molecular weight is 269 g/mol. The van der Waals surface area contributed by atoms with Gasteiger partial charge in [0.05, 0.1) is 0 Å². The van der Waals surface area contributed by atoms with Crippen molar-refractivity contribution in [3.63, 3.8) is 0 Å². The quantitative estimate of drug-likeness (QED) is 0.409. The lowest BCUT2D eigenvalue weighted by Crippen LogP contribution is -2.37. The SMILES string of the molecule is CC(=O)Oc1ccccc1CNC(CS)C(=O)O. The Kier molecular flexibility index (Phi) is 5.67. The Morgan fingerprint density at radius 3 is 2.67 bits per heavy atom. The van der Waals surface area contributed by atoms with Crippen molar-refractivity contribution in [2.45, 2.75) is 19.5 Å². The molecule has 0 aromatic heterocycles. The fourth-order valence-electron chi connectivity index (χ4n) is 1.37. The monoisotopic (exact) mass is 269 g/mol. The molecule has 98 valence electrons. The highest BCUT2D eigenvalue weighted by atomic mass is 32.1. The van der Waals surface area contributed by atoms with E-state index in [1.807, 2.05) is 0 Å². The van der Waals surface area contributed by atoms with E-state index in [4.69, 9.17) is 9.84 Å². The van der Waals surface area contributed by atoms with Crippen LogP contribution in [0.25, 0.3) is 0 Å². The van der Waals surface area contributed by atoms with Crippen molar-refractivity contribution in [2.75, 3.05) is 5.75 Å². The molecule has 0 aliphatic rings. The predicted octanol–water partition coefficient (Wildman–Crippen LogP) is 1.08. The molecule has 1 atom stereocenters. The summed E-state index contributed by atoms with van der Waals surface area (Å²) in [6.07, 6.45) is 0. The Hall–Kier alpha value is -1.53. The van der Waals surface area contributed by atoms with Crippen molar-refractivity contribution in [1.82, 2.24) is 5.32 Å². The lowest BCUT2D eigenvalue weighted by atomic mass is 10.2. The molecule has 0 saturated heterocycles. The summed E-state index contributed by atoms with van der Waals surface area (Å²) in [5, 5.41) is 11.7. The van der Waals surface area contributed by atoms with Gasteiger partial charge in [0.15, 0.2) is 0 Å². The molecule has 0 aliphatic heterocycles. The normalized spacial score (nSPS) is 11.9. The Bertz CT molecular complexity index is 436. The largest absolute Gasteiger partial charge is 0.480 e. The van der Waals surface area contributed by atoms with Crippen molar-refractivity contribution in [3.05, 3.63) is 29.8 Å². The summed E-state index contributed by atoms with van der Waals surface area (Å²) in [4.78, 5) is 21.7. The number of aliphatic carboxylic acids is 1. The van der Waals surface area contributed by atoms with Gasteiger partial charge in [0.2, 0.25) is 0 Å². The number of nitrogens with one attached hydrogen (secondary N) is 1. The van der Waals surface area contributed by atoms with Gasteiger partial charge >= 0.3 is 11.9 Å². The number of benzene rings is 1. The topological polar surface area (TPSA) is 75.6 Å². The molecule has 0 radical (unpaired) electrons. The Morgan fingerprint density at radius 2 is 2.11 bits per heavy atom. The van der Waals surface area contributed by atoms with Crippen LogP contribution in [0.5, 0.6) is 5.75 Å². The average Bonchev–Trinajstić information content (AvgIpc) is 2.30. The van der Waals surface area contributed by atoms with Gasteiger partial charge in [-0.3, -0.25) is 14.9 Å². The highest BCUT2D eigenvalue weighted by Crippen LogP contribution is 2.18. The Morgan fingerprint density at radius 1 is 1.44 bits per heavy atom. The zero-order valence-electron chi connectivity index (χ0n) is 9.92. The molecular weight excluding hydrogens is 254 g/mol. The highest BCUT2D eigenvalue weighted by Gasteiger charge is 2.15. The molecular formula is C12H15NO4S. The number of carbonyl (C=O) groups is 2. The molecule has 0 spiro atoms.